The van der Waals surface area contributed by atoms with Gasteiger partial charge in [0.2, 0.25) is 0 Å². The number of nitro benzene ring substituents is 1. The van der Waals surface area contributed by atoms with E-state index < -0.39 is 10.2 Å². The third-order valence-electron chi connectivity index (χ3n) is 3.66. The molecule has 2 N–H and O–H groups in total. The van der Waals surface area contributed by atoms with Crippen molar-refractivity contribution in [3.63, 3.8) is 0 Å². The number of hydrogen-bond donors (Lipinski definition) is 2. The van der Waals surface area contributed by atoms with Gasteiger partial charge in [-0.2, -0.15) is 0 Å². The van der Waals surface area contributed by atoms with E-state index in [9.17, 15) is 19.7 Å². The zero-order valence-corrected chi connectivity index (χ0v) is 15.4. The average molecular weight is 373 g/mol. The van der Waals surface area contributed by atoms with Gasteiger partial charge in [-0.3, -0.25) is 30.6 Å². The SMILES string of the molecule is Cc1ccc(C(=O)NNC(=O)[C@@H](C)Sc2ccc([N+](=O)[O-])cc2)c(C)c1. The summed E-state index contributed by atoms with van der Waals surface area (Å²) in [5, 5.41) is 10.2. The fourth-order valence-corrected chi connectivity index (χ4v) is 3.13. The lowest BCUT2D eigenvalue weighted by molar-refractivity contribution is -0.384. The average Bonchev–Trinajstić information content (AvgIpc) is 2.59. The Morgan fingerprint density at radius 1 is 1.08 bits per heavy atom. The normalized spacial score (nSPS) is 11.5. The van der Waals surface area contributed by atoms with Crippen molar-refractivity contribution in [1.29, 1.82) is 0 Å². The third-order valence-corrected chi connectivity index (χ3v) is 4.77. The molecule has 2 amide bonds. The van der Waals surface area contributed by atoms with Crippen LogP contribution in [-0.4, -0.2) is 22.0 Å². The largest absolute Gasteiger partial charge is 0.272 e. The van der Waals surface area contributed by atoms with Crippen molar-refractivity contribution in [2.45, 2.75) is 30.9 Å². The molecule has 0 heterocycles. The molecule has 8 heteroatoms. The Hall–Kier alpha value is -2.87. The molecule has 0 bridgehead atoms. The van der Waals surface area contributed by atoms with Crippen LogP contribution in [0.15, 0.2) is 47.4 Å². The molecular formula is C18H19N3O4S. The van der Waals surface area contributed by atoms with Gasteiger partial charge in [-0.15, -0.1) is 11.8 Å². The number of rotatable bonds is 5. The van der Waals surface area contributed by atoms with Gasteiger partial charge in [-0.1, -0.05) is 17.7 Å². The maximum atomic E-state index is 12.2. The van der Waals surface area contributed by atoms with Crippen LogP contribution in [0.1, 0.15) is 28.4 Å². The molecule has 0 saturated heterocycles. The maximum Gasteiger partial charge on any atom is 0.269 e. The summed E-state index contributed by atoms with van der Waals surface area (Å²) < 4.78 is 0. The van der Waals surface area contributed by atoms with Crippen molar-refractivity contribution < 1.29 is 14.5 Å². The van der Waals surface area contributed by atoms with Gasteiger partial charge in [-0.25, -0.2) is 0 Å². The highest BCUT2D eigenvalue weighted by atomic mass is 32.2. The smallest absolute Gasteiger partial charge is 0.269 e. The van der Waals surface area contributed by atoms with Gasteiger partial charge in [0.15, 0.2) is 0 Å². The molecule has 0 aliphatic carbocycles. The van der Waals surface area contributed by atoms with E-state index in [-0.39, 0.29) is 17.5 Å². The lowest BCUT2D eigenvalue weighted by Crippen LogP contribution is -2.45. The van der Waals surface area contributed by atoms with Crippen LogP contribution in [0.25, 0.3) is 0 Å². The first kappa shape index (κ1) is 19.5. The van der Waals surface area contributed by atoms with Crippen LogP contribution in [0.2, 0.25) is 0 Å². The molecular weight excluding hydrogens is 354 g/mol. The first-order valence-corrected chi connectivity index (χ1v) is 8.74. The minimum atomic E-state index is -0.490. The second-order valence-electron chi connectivity index (χ2n) is 5.77. The van der Waals surface area contributed by atoms with Crippen LogP contribution in [0, 0.1) is 24.0 Å². The number of hydrazine groups is 1. The number of hydrogen-bond acceptors (Lipinski definition) is 5. The van der Waals surface area contributed by atoms with E-state index >= 15 is 0 Å². The van der Waals surface area contributed by atoms with Crippen molar-refractivity contribution in [1.82, 2.24) is 10.9 Å². The molecule has 0 fully saturated rings. The van der Waals surface area contributed by atoms with E-state index in [1.54, 1.807) is 25.1 Å². The van der Waals surface area contributed by atoms with Gasteiger partial charge in [0.25, 0.3) is 17.5 Å². The predicted octanol–water partition coefficient (Wildman–Crippen LogP) is 3.15. The predicted molar refractivity (Wildman–Crippen MR) is 99.9 cm³/mol. The first-order valence-electron chi connectivity index (χ1n) is 7.86. The standard InChI is InChI=1S/C18H19N3O4S/c1-11-4-9-16(12(2)10-11)18(23)20-19-17(22)13(3)26-15-7-5-14(6-8-15)21(24)25/h4-10,13H,1-3H3,(H,19,22)(H,20,23)/t13-/m1/s1. The second-order valence-corrected chi connectivity index (χ2v) is 7.19. The number of non-ortho nitro benzene ring substituents is 1. The van der Waals surface area contributed by atoms with E-state index in [2.05, 4.69) is 10.9 Å². The number of nitrogens with zero attached hydrogens (tertiary/aromatic N) is 1. The van der Waals surface area contributed by atoms with Crippen LogP contribution in [0.3, 0.4) is 0 Å². The fraction of sp³-hybridized carbons (Fsp3) is 0.222. The Kier molecular flexibility index (Phi) is 6.35. The number of nitro groups is 1. The number of benzene rings is 2. The number of carbonyl (C=O) groups excluding carboxylic acids is 2. The summed E-state index contributed by atoms with van der Waals surface area (Å²) in [7, 11) is 0. The van der Waals surface area contributed by atoms with E-state index in [4.69, 9.17) is 0 Å². The lowest BCUT2D eigenvalue weighted by atomic mass is 10.1. The van der Waals surface area contributed by atoms with Crippen LogP contribution in [0.4, 0.5) is 5.69 Å². The maximum absolute atomic E-state index is 12.2. The molecule has 0 aliphatic heterocycles. The summed E-state index contributed by atoms with van der Waals surface area (Å²) in [5.74, 6) is -0.755. The molecule has 1 atom stereocenters. The Balaban J connectivity index is 1.90. The molecule has 0 unspecified atom stereocenters. The zero-order valence-electron chi connectivity index (χ0n) is 14.6. The molecule has 2 aromatic rings. The van der Waals surface area contributed by atoms with Crippen molar-refractivity contribution in [3.8, 4) is 0 Å². The lowest BCUT2D eigenvalue weighted by Gasteiger charge is -2.13. The van der Waals surface area contributed by atoms with Gasteiger partial charge >= 0.3 is 0 Å². The van der Waals surface area contributed by atoms with Crippen LogP contribution >= 0.6 is 11.8 Å². The Morgan fingerprint density at radius 3 is 2.31 bits per heavy atom. The van der Waals surface area contributed by atoms with Gasteiger partial charge in [0, 0.05) is 22.6 Å². The van der Waals surface area contributed by atoms with Crippen molar-refractivity contribution in [2.24, 2.45) is 0 Å². The minimum absolute atomic E-state index is 0.00724. The van der Waals surface area contributed by atoms with E-state index in [0.717, 1.165) is 16.0 Å². The molecule has 2 aromatic carbocycles. The first-order chi connectivity index (χ1) is 12.3. The molecule has 0 aliphatic rings. The van der Waals surface area contributed by atoms with Gasteiger partial charge in [-0.05, 0) is 44.5 Å². The van der Waals surface area contributed by atoms with E-state index in [1.807, 2.05) is 26.0 Å². The minimum Gasteiger partial charge on any atom is -0.272 e. The molecule has 136 valence electrons. The van der Waals surface area contributed by atoms with Crippen molar-refractivity contribution >= 4 is 29.3 Å². The molecule has 7 nitrogen and oxygen atoms in total. The van der Waals surface area contributed by atoms with Gasteiger partial charge < -0.3 is 0 Å². The van der Waals surface area contributed by atoms with Crippen molar-refractivity contribution in [2.75, 3.05) is 0 Å². The molecule has 0 radical (unpaired) electrons. The molecule has 2 rings (SSSR count). The number of nitrogens with one attached hydrogen (secondary N) is 2. The summed E-state index contributed by atoms with van der Waals surface area (Å²) in [4.78, 5) is 35.2. The summed E-state index contributed by atoms with van der Waals surface area (Å²) in [6, 6.07) is 11.4. The third kappa shape index (κ3) is 5.06. The number of thioether (sulfide) groups is 1. The topological polar surface area (TPSA) is 101 Å². The van der Waals surface area contributed by atoms with E-state index in [1.165, 1.54) is 23.9 Å². The quantitative estimate of drug-likeness (QED) is 0.476. The monoisotopic (exact) mass is 373 g/mol. The Bertz CT molecular complexity index is 837. The molecule has 26 heavy (non-hydrogen) atoms. The molecule has 0 spiro atoms. The summed E-state index contributed by atoms with van der Waals surface area (Å²) in [5.41, 5.74) is 7.17. The fourth-order valence-electron chi connectivity index (χ4n) is 2.26. The van der Waals surface area contributed by atoms with E-state index in [0.29, 0.717) is 5.56 Å². The van der Waals surface area contributed by atoms with Gasteiger partial charge in [0.05, 0.1) is 10.2 Å². The summed E-state index contributed by atoms with van der Waals surface area (Å²) in [6.45, 7) is 5.45. The summed E-state index contributed by atoms with van der Waals surface area (Å²) >= 11 is 1.24. The second kappa shape index (κ2) is 8.48. The number of carbonyl (C=O) groups is 2. The summed E-state index contributed by atoms with van der Waals surface area (Å²) in [6.07, 6.45) is 0. The Morgan fingerprint density at radius 2 is 1.73 bits per heavy atom. The highest BCUT2D eigenvalue weighted by molar-refractivity contribution is 8.00. The van der Waals surface area contributed by atoms with Gasteiger partial charge in [0.1, 0.15) is 0 Å². The Labute approximate surface area is 155 Å². The van der Waals surface area contributed by atoms with Crippen LogP contribution in [-0.2, 0) is 4.79 Å². The highest BCUT2D eigenvalue weighted by Gasteiger charge is 2.17. The number of aryl methyl sites for hydroxylation is 2. The molecule has 0 aromatic heterocycles. The van der Waals surface area contributed by atoms with Crippen molar-refractivity contribution in [3.05, 3.63) is 69.3 Å². The molecule has 0 saturated carbocycles. The highest BCUT2D eigenvalue weighted by Crippen LogP contribution is 2.25. The van der Waals surface area contributed by atoms with Crippen LogP contribution in [0.5, 0.6) is 0 Å². The zero-order chi connectivity index (χ0) is 19.3. The van der Waals surface area contributed by atoms with Crippen LogP contribution < -0.4 is 10.9 Å². The number of amides is 2.